The molecule has 176 valence electrons. The maximum atomic E-state index is 12.6. The lowest BCUT2D eigenvalue weighted by molar-refractivity contribution is 0.184. The average Bonchev–Trinajstić information content (AvgIpc) is 3.10. The van der Waals surface area contributed by atoms with E-state index in [1.54, 1.807) is 33.4 Å². The summed E-state index contributed by atoms with van der Waals surface area (Å²) in [5.41, 5.74) is 3.76. The largest absolute Gasteiger partial charge is 0.493 e. The van der Waals surface area contributed by atoms with Gasteiger partial charge in [0.25, 0.3) is 0 Å². The van der Waals surface area contributed by atoms with Crippen molar-refractivity contribution in [3.8, 4) is 11.5 Å². The van der Waals surface area contributed by atoms with E-state index in [1.807, 2.05) is 31.2 Å². The van der Waals surface area contributed by atoms with Gasteiger partial charge in [0.05, 0.1) is 37.4 Å². The predicted molar refractivity (Wildman–Crippen MR) is 127 cm³/mol. The van der Waals surface area contributed by atoms with Crippen molar-refractivity contribution in [3.05, 3.63) is 53.1 Å². The lowest BCUT2D eigenvalue weighted by Crippen LogP contribution is -2.41. The number of fused-ring (bicyclic) bond motifs is 1. The number of sulfonamides is 1. The van der Waals surface area contributed by atoms with Crippen molar-refractivity contribution in [2.45, 2.75) is 25.8 Å². The van der Waals surface area contributed by atoms with E-state index < -0.39 is 10.0 Å². The summed E-state index contributed by atoms with van der Waals surface area (Å²) < 4.78 is 37.0. The molecule has 2 aromatic carbocycles. The van der Waals surface area contributed by atoms with Crippen LogP contribution < -0.4 is 19.1 Å². The molecule has 1 atom stereocenters. The molecular weight excluding hydrogens is 444 g/mol. The fraction of sp³-hybridized carbons (Fsp3) is 0.391. The zero-order valence-electron chi connectivity index (χ0n) is 19.2. The van der Waals surface area contributed by atoms with E-state index in [1.165, 1.54) is 9.31 Å². The maximum Gasteiger partial charge on any atom is 0.337 e. The monoisotopic (exact) mass is 472 g/mol. The summed E-state index contributed by atoms with van der Waals surface area (Å²) in [4.78, 5) is 12.6. The number of benzene rings is 2. The maximum absolute atomic E-state index is 12.6. The first-order chi connectivity index (χ1) is 15.8. The average molecular weight is 473 g/mol. The Balaban J connectivity index is 1.84. The van der Waals surface area contributed by atoms with Crippen LogP contribution in [0.3, 0.4) is 0 Å². The van der Waals surface area contributed by atoms with E-state index in [2.05, 4.69) is 5.32 Å². The molecule has 4 rings (SSSR count). The number of hydrogen-bond donors (Lipinski definition) is 1. The van der Waals surface area contributed by atoms with Crippen LogP contribution in [0, 0.1) is 0 Å². The van der Waals surface area contributed by atoms with Gasteiger partial charge in [-0.05, 0) is 49.6 Å². The van der Waals surface area contributed by atoms with Crippen LogP contribution in [0.2, 0.25) is 0 Å². The Morgan fingerprint density at radius 3 is 2.36 bits per heavy atom. The molecule has 0 saturated carbocycles. The first kappa shape index (κ1) is 22.9. The van der Waals surface area contributed by atoms with Gasteiger partial charge in [0, 0.05) is 24.7 Å². The Labute approximate surface area is 194 Å². The highest BCUT2D eigenvalue weighted by molar-refractivity contribution is 7.93. The third kappa shape index (κ3) is 4.22. The number of urea groups is 1. The smallest absolute Gasteiger partial charge is 0.337 e. The van der Waals surface area contributed by atoms with Gasteiger partial charge >= 0.3 is 6.03 Å². The molecule has 0 spiro atoms. The summed E-state index contributed by atoms with van der Waals surface area (Å²) in [6.07, 6.45) is 1.19. The van der Waals surface area contributed by atoms with E-state index >= 15 is 0 Å². The van der Waals surface area contributed by atoms with Crippen molar-refractivity contribution in [2.24, 2.45) is 5.10 Å². The fourth-order valence-corrected chi connectivity index (χ4v) is 5.83. The first-order valence-electron chi connectivity index (χ1n) is 10.7. The zero-order chi connectivity index (χ0) is 23.8. The van der Waals surface area contributed by atoms with Crippen LogP contribution in [0.25, 0.3) is 0 Å². The highest BCUT2D eigenvalue weighted by Gasteiger charge is 2.30. The molecule has 2 amide bonds. The highest BCUT2D eigenvalue weighted by Crippen LogP contribution is 2.35. The number of hydrogen-bond acceptors (Lipinski definition) is 6. The van der Waals surface area contributed by atoms with Crippen molar-refractivity contribution < 1.29 is 22.7 Å². The number of hydrazone groups is 1. The molecule has 1 unspecified atom stereocenters. The molecule has 1 fully saturated rings. The van der Waals surface area contributed by atoms with E-state index in [4.69, 9.17) is 14.6 Å². The van der Waals surface area contributed by atoms with Crippen LogP contribution in [0.4, 0.5) is 10.5 Å². The van der Waals surface area contributed by atoms with Gasteiger partial charge in [-0.3, -0.25) is 4.31 Å². The molecule has 2 aliphatic heterocycles. The topological polar surface area (TPSA) is 101 Å². The Hall–Kier alpha value is -3.27. The molecule has 1 saturated heterocycles. The molecule has 0 aliphatic carbocycles. The molecule has 33 heavy (non-hydrogen) atoms. The quantitative estimate of drug-likeness (QED) is 0.737. The minimum atomic E-state index is -3.27. The molecular formula is C23H28N4O5S. The van der Waals surface area contributed by atoms with Gasteiger partial charge in [-0.2, -0.15) is 5.10 Å². The third-order valence-electron chi connectivity index (χ3n) is 5.96. The second kappa shape index (κ2) is 8.93. The fourth-order valence-electron chi connectivity index (χ4n) is 4.26. The van der Waals surface area contributed by atoms with Gasteiger partial charge in [-0.25, -0.2) is 18.2 Å². The Morgan fingerprint density at radius 1 is 1.12 bits per heavy atom. The van der Waals surface area contributed by atoms with Crippen molar-refractivity contribution in [1.29, 1.82) is 0 Å². The van der Waals surface area contributed by atoms with E-state index in [9.17, 15) is 13.2 Å². The van der Waals surface area contributed by atoms with Crippen LogP contribution in [0.15, 0.2) is 41.5 Å². The summed E-state index contributed by atoms with van der Waals surface area (Å²) in [6.45, 7) is 2.41. The molecule has 2 heterocycles. The highest BCUT2D eigenvalue weighted by atomic mass is 32.2. The molecule has 2 aliphatic rings. The number of amides is 2. The van der Waals surface area contributed by atoms with Crippen LogP contribution in [-0.4, -0.2) is 64.8 Å². The Morgan fingerprint density at radius 2 is 1.79 bits per heavy atom. The third-order valence-corrected chi connectivity index (χ3v) is 7.82. The van der Waals surface area contributed by atoms with Gasteiger partial charge in [0.15, 0.2) is 11.5 Å². The van der Waals surface area contributed by atoms with Gasteiger partial charge in [-0.1, -0.05) is 12.1 Å². The van der Waals surface area contributed by atoms with Crippen molar-refractivity contribution in [2.75, 3.05) is 37.9 Å². The summed E-state index contributed by atoms with van der Waals surface area (Å²) in [6, 6.07) is 10.5. The minimum absolute atomic E-state index is 0.162. The molecule has 1 N–H and O–H groups in total. The van der Waals surface area contributed by atoms with E-state index in [0.29, 0.717) is 42.3 Å². The van der Waals surface area contributed by atoms with Gasteiger partial charge in [0.1, 0.15) is 0 Å². The molecule has 9 nitrogen and oxygen atoms in total. The normalized spacial score (nSPS) is 19.4. The number of nitrogens with one attached hydrogen (secondary N) is 1. The summed E-state index contributed by atoms with van der Waals surface area (Å²) in [5.74, 6) is 1.32. The molecule has 0 radical (unpaired) electrons. The van der Waals surface area contributed by atoms with E-state index in [0.717, 1.165) is 16.7 Å². The predicted octanol–water partition coefficient (Wildman–Crippen LogP) is 2.58. The molecule has 10 heteroatoms. The Bertz CT molecular complexity index is 1190. The van der Waals surface area contributed by atoms with Crippen molar-refractivity contribution in [3.63, 3.8) is 0 Å². The second-order valence-electron chi connectivity index (χ2n) is 8.05. The van der Waals surface area contributed by atoms with Crippen LogP contribution in [-0.2, 0) is 16.4 Å². The van der Waals surface area contributed by atoms with Gasteiger partial charge in [-0.15, -0.1) is 0 Å². The molecule has 2 aromatic rings. The molecule has 0 bridgehead atoms. The van der Waals surface area contributed by atoms with Gasteiger partial charge < -0.3 is 14.8 Å². The number of ether oxygens (including phenoxy) is 2. The number of carbonyl (C=O) groups is 1. The van der Waals surface area contributed by atoms with Crippen molar-refractivity contribution in [1.82, 2.24) is 10.3 Å². The summed E-state index contributed by atoms with van der Waals surface area (Å²) >= 11 is 0. The van der Waals surface area contributed by atoms with Crippen LogP contribution >= 0.6 is 0 Å². The molecule has 0 aromatic heterocycles. The number of rotatable bonds is 4. The standard InChI is InChI=1S/C23H28N4O5S/c1-15-12-17-13-20(31-3)21(32-4)14-19(17)22(25-27(15)23(28)24-2)16-6-8-18(9-7-16)26-10-5-11-33(26,29)30/h6-9,13-15H,5,10-12H2,1-4H3,(H,24,28). The SMILES string of the molecule is CNC(=O)N1N=C(c2ccc(N3CCCS3(=O)=O)cc2)c2cc(OC)c(OC)cc2CC1C. The zero-order valence-corrected chi connectivity index (χ0v) is 20.0. The van der Waals surface area contributed by atoms with Crippen LogP contribution in [0.5, 0.6) is 11.5 Å². The second-order valence-corrected chi connectivity index (χ2v) is 10.1. The van der Waals surface area contributed by atoms with Gasteiger partial charge in [0.2, 0.25) is 10.0 Å². The lowest BCUT2D eigenvalue weighted by atomic mass is 9.94. The Kier molecular flexibility index (Phi) is 6.20. The first-order valence-corrected chi connectivity index (χ1v) is 12.4. The lowest BCUT2D eigenvalue weighted by Gasteiger charge is -2.22. The number of carbonyl (C=O) groups excluding carboxylic acids is 1. The van der Waals surface area contributed by atoms with E-state index in [-0.39, 0.29) is 17.8 Å². The summed E-state index contributed by atoms with van der Waals surface area (Å²) in [5, 5.41) is 8.82. The number of anilines is 1. The number of methoxy groups -OCH3 is 2. The van der Waals surface area contributed by atoms with Crippen LogP contribution in [0.1, 0.15) is 30.0 Å². The number of nitrogens with zero attached hydrogens (tertiary/aromatic N) is 3. The minimum Gasteiger partial charge on any atom is -0.493 e. The van der Waals surface area contributed by atoms with Crippen molar-refractivity contribution >= 4 is 27.5 Å². The summed E-state index contributed by atoms with van der Waals surface area (Å²) in [7, 11) is 1.46.